The van der Waals surface area contributed by atoms with E-state index in [-0.39, 0.29) is 11.9 Å². The first-order valence-corrected chi connectivity index (χ1v) is 11.5. The predicted octanol–water partition coefficient (Wildman–Crippen LogP) is 5.47. The van der Waals surface area contributed by atoms with E-state index in [4.69, 9.17) is 21.6 Å². The Labute approximate surface area is 188 Å². The van der Waals surface area contributed by atoms with Crippen LogP contribution >= 0.6 is 11.6 Å². The predicted molar refractivity (Wildman–Crippen MR) is 127 cm³/mol. The summed E-state index contributed by atoms with van der Waals surface area (Å²) in [6.45, 7) is 5.36. The van der Waals surface area contributed by atoms with E-state index in [1.165, 1.54) is 5.56 Å². The van der Waals surface area contributed by atoms with Crippen LogP contribution in [0.4, 0.5) is 5.82 Å². The summed E-state index contributed by atoms with van der Waals surface area (Å²) in [6.07, 6.45) is 3.58. The van der Waals surface area contributed by atoms with Gasteiger partial charge in [0, 0.05) is 41.9 Å². The zero-order valence-electron chi connectivity index (χ0n) is 18.1. The molecule has 0 bridgehead atoms. The van der Waals surface area contributed by atoms with E-state index in [2.05, 4.69) is 29.3 Å². The van der Waals surface area contributed by atoms with Crippen molar-refractivity contribution in [3.8, 4) is 0 Å². The maximum absolute atomic E-state index is 12.5. The molecule has 1 aliphatic rings. The minimum Gasteiger partial charge on any atom is -0.354 e. The second kappa shape index (κ2) is 9.65. The minimum atomic E-state index is 0.0660. The monoisotopic (exact) mass is 436 g/mol. The van der Waals surface area contributed by atoms with Crippen LogP contribution in [0.3, 0.4) is 0 Å². The fraction of sp³-hybridized carbons (Fsp3) is 0.400. The highest BCUT2D eigenvalue weighted by atomic mass is 35.5. The van der Waals surface area contributed by atoms with Crippen molar-refractivity contribution >= 4 is 34.2 Å². The molecule has 5 nitrogen and oxygen atoms in total. The number of fused-ring (bicyclic) bond motifs is 1. The third kappa shape index (κ3) is 5.53. The fourth-order valence-electron chi connectivity index (χ4n) is 3.62. The maximum atomic E-state index is 12.5. The molecular weight excluding hydrogens is 408 g/mol. The first-order chi connectivity index (χ1) is 15.0. The number of anilines is 1. The van der Waals surface area contributed by atoms with Crippen molar-refractivity contribution in [1.29, 1.82) is 0 Å². The number of benzene rings is 2. The average Bonchev–Trinajstić information content (AvgIpc) is 3.61. The quantitative estimate of drug-likeness (QED) is 0.483. The maximum Gasteiger partial charge on any atom is 0.221 e. The number of aromatic nitrogens is 2. The molecule has 1 saturated carbocycles. The first-order valence-electron chi connectivity index (χ1n) is 11.1. The molecule has 0 spiro atoms. The van der Waals surface area contributed by atoms with E-state index in [0.717, 1.165) is 41.8 Å². The minimum absolute atomic E-state index is 0.0660. The number of amides is 1. The highest BCUT2D eigenvalue weighted by Gasteiger charge is 2.28. The molecule has 0 saturated heterocycles. The molecule has 1 aromatic heterocycles. The lowest BCUT2D eigenvalue weighted by atomic mass is 10.1. The molecule has 2 aromatic carbocycles. The number of carbonyl (C=O) groups is 1. The number of nitrogens with zero attached hydrogens (tertiary/aromatic N) is 3. The molecule has 1 amide bonds. The molecule has 1 N–H and O–H groups in total. The topological polar surface area (TPSA) is 58.1 Å². The van der Waals surface area contributed by atoms with Gasteiger partial charge in [-0.05, 0) is 49.9 Å². The number of hydrogen-bond donors (Lipinski definition) is 1. The van der Waals surface area contributed by atoms with E-state index >= 15 is 0 Å². The van der Waals surface area contributed by atoms with Gasteiger partial charge in [0.2, 0.25) is 5.91 Å². The Morgan fingerprint density at radius 3 is 2.68 bits per heavy atom. The number of rotatable bonds is 9. The summed E-state index contributed by atoms with van der Waals surface area (Å²) in [5, 5.41) is 4.70. The van der Waals surface area contributed by atoms with Gasteiger partial charge in [0.05, 0.1) is 5.52 Å². The van der Waals surface area contributed by atoms with Gasteiger partial charge < -0.3 is 10.2 Å². The summed E-state index contributed by atoms with van der Waals surface area (Å²) >= 11 is 6.27. The van der Waals surface area contributed by atoms with Crippen LogP contribution in [0.5, 0.6) is 0 Å². The van der Waals surface area contributed by atoms with Gasteiger partial charge in [-0.15, -0.1) is 0 Å². The Hall–Kier alpha value is -2.66. The second-order valence-corrected chi connectivity index (χ2v) is 8.81. The Morgan fingerprint density at radius 2 is 1.97 bits per heavy atom. The van der Waals surface area contributed by atoms with Crippen LogP contribution in [0.15, 0.2) is 48.5 Å². The Kier molecular flexibility index (Phi) is 6.71. The summed E-state index contributed by atoms with van der Waals surface area (Å²) < 4.78 is 0. The zero-order valence-corrected chi connectivity index (χ0v) is 18.9. The summed E-state index contributed by atoms with van der Waals surface area (Å²) in [4.78, 5) is 24.5. The van der Waals surface area contributed by atoms with Crippen molar-refractivity contribution in [2.45, 2.75) is 58.0 Å². The van der Waals surface area contributed by atoms with Crippen molar-refractivity contribution in [2.75, 3.05) is 11.4 Å². The van der Waals surface area contributed by atoms with Crippen LogP contribution in [0.25, 0.3) is 10.9 Å². The molecule has 3 aromatic rings. The third-order valence-electron chi connectivity index (χ3n) is 5.74. The molecule has 0 radical (unpaired) electrons. The van der Waals surface area contributed by atoms with Crippen LogP contribution in [-0.2, 0) is 11.3 Å². The Bertz CT molecular complexity index is 1050. The third-order valence-corrected chi connectivity index (χ3v) is 5.98. The van der Waals surface area contributed by atoms with Crippen molar-refractivity contribution in [3.63, 3.8) is 0 Å². The first kappa shape index (κ1) is 21.6. The van der Waals surface area contributed by atoms with Gasteiger partial charge in [0.1, 0.15) is 11.6 Å². The number of carbonyl (C=O) groups excluding carboxylic acids is 1. The molecule has 162 valence electrons. The molecule has 1 heterocycles. The van der Waals surface area contributed by atoms with E-state index in [0.29, 0.717) is 30.5 Å². The van der Waals surface area contributed by atoms with Gasteiger partial charge in [-0.1, -0.05) is 48.9 Å². The van der Waals surface area contributed by atoms with Crippen LogP contribution in [0.2, 0.25) is 5.02 Å². The summed E-state index contributed by atoms with van der Waals surface area (Å²) in [7, 11) is 0. The van der Waals surface area contributed by atoms with E-state index in [1.54, 1.807) is 0 Å². The standard InChI is InChI=1S/C25H29ClN4O/c1-3-17(2)27-23(31)13-14-30(16-18-7-5-4-6-8-18)25-21-12-11-20(26)15-22(21)28-24(29-25)19-9-10-19/h4-8,11-12,15,17,19H,3,9-10,13-14,16H2,1-2H3,(H,27,31). The zero-order chi connectivity index (χ0) is 21.8. The molecule has 4 rings (SSSR count). The van der Waals surface area contributed by atoms with E-state index in [1.807, 2.05) is 43.3 Å². The summed E-state index contributed by atoms with van der Waals surface area (Å²) in [6, 6.07) is 16.3. The smallest absolute Gasteiger partial charge is 0.221 e. The number of nitrogens with one attached hydrogen (secondary N) is 1. The second-order valence-electron chi connectivity index (χ2n) is 8.38. The lowest BCUT2D eigenvalue weighted by Crippen LogP contribution is -2.35. The molecule has 1 fully saturated rings. The molecule has 1 atom stereocenters. The molecule has 6 heteroatoms. The van der Waals surface area contributed by atoms with Crippen LogP contribution in [0, 0.1) is 0 Å². The molecular formula is C25H29ClN4O. The van der Waals surface area contributed by atoms with Gasteiger partial charge in [-0.25, -0.2) is 9.97 Å². The van der Waals surface area contributed by atoms with E-state index < -0.39 is 0 Å². The van der Waals surface area contributed by atoms with E-state index in [9.17, 15) is 4.79 Å². The van der Waals surface area contributed by atoms with Crippen LogP contribution < -0.4 is 10.2 Å². The van der Waals surface area contributed by atoms with Gasteiger partial charge >= 0.3 is 0 Å². The Morgan fingerprint density at radius 1 is 1.19 bits per heavy atom. The SMILES string of the molecule is CCC(C)NC(=O)CCN(Cc1ccccc1)c1nc(C2CC2)nc2cc(Cl)ccc12. The fourth-order valence-corrected chi connectivity index (χ4v) is 3.78. The summed E-state index contributed by atoms with van der Waals surface area (Å²) in [5.74, 6) is 2.25. The van der Waals surface area contributed by atoms with Crippen molar-refractivity contribution < 1.29 is 4.79 Å². The van der Waals surface area contributed by atoms with Gasteiger partial charge in [0.25, 0.3) is 0 Å². The lowest BCUT2D eigenvalue weighted by molar-refractivity contribution is -0.121. The van der Waals surface area contributed by atoms with Crippen molar-refractivity contribution in [1.82, 2.24) is 15.3 Å². The molecule has 1 aliphatic carbocycles. The van der Waals surface area contributed by atoms with Crippen LogP contribution in [-0.4, -0.2) is 28.5 Å². The van der Waals surface area contributed by atoms with Gasteiger partial charge in [0.15, 0.2) is 0 Å². The average molecular weight is 437 g/mol. The number of hydrogen-bond acceptors (Lipinski definition) is 4. The molecule has 1 unspecified atom stereocenters. The lowest BCUT2D eigenvalue weighted by Gasteiger charge is -2.26. The molecule has 0 aliphatic heterocycles. The normalized spacial score (nSPS) is 14.4. The summed E-state index contributed by atoms with van der Waals surface area (Å²) in [5.41, 5.74) is 2.04. The molecule has 31 heavy (non-hydrogen) atoms. The van der Waals surface area contributed by atoms with Gasteiger partial charge in [-0.2, -0.15) is 0 Å². The largest absolute Gasteiger partial charge is 0.354 e. The highest BCUT2D eigenvalue weighted by molar-refractivity contribution is 6.31. The van der Waals surface area contributed by atoms with Crippen LogP contribution in [0.1, 0.15) is 56.8 Å². The van der Waals surface area contributed by atoms with Crippen molar-refractivity contribution in [3.05, 3.63) is 64.9 Å². The van der Waals surface area contributed by atoms with Gasteiger partial charge in [-0.3, -0.25) is 4.79 Å². The van der Waals surface area contributed by atoms with Crippen molar-refractivity contribution in [2.24, 2.45) is 0 Å². The Balaban J connectivity index is 1.68. The number of halogens is 1. The highest BCUT2D eigenvalue weighted by Crippen LogP contribution is 2.40.